The van der Waals surface area contributed by atoms with Gasteiger partial charge >= 0.3 is 0 Å². The molecule has 0 bridgehead atoms. The van der Waals surface area contributed by atoms with Gasteiger partial charge in [0.2, 0.25) is 11.8 Å². The Morgan fingerprint density at radius 2 is 1.65 bits per heavy atom. The fourth-order valence-electron chi connectivity index (χ4n) is 3.87. The minimum atomic E-state index is -0.717. The van der Waals surface area contributed by atoms with Gasteiger partial charge in [-0.05, 0) is 67.3 Å². The number of benzene rings is 3. The monoisotopic (exact) mass is 524 g/mol. The molecule has 3 aromatic carbocycles. The Hall–Kier alpha value is -3.38. The first kappa shape index (κ1) is 28.2. The van der Waals surface area contributed by atoms with E-state index in [9.17, 15) is 14.0 Å². The van der Waals surface area contributed by atoms with E-state index in [0.29, 0.717) is 30.2 Å². The van der Waals surface area contributed by atoms with Crippen LogP contribution in [0.1, 0.15) is 44.2 Å². The lowest BCUT2D eigenvalue weighted by Crippen LogP contribution is -2.52. The molecule has 7 heteroatoms. The van der Waals surface area contributed by atoms with Crippen LogP contribution in [0.15, 0.2) is 78.9 Å². The highest BCUT2D eigenvalue weighted by Gasteiger charge is 2.30. The summed E-state index contributed by atoms with van der Waals surface area (Å²) in [4.78, 5) is 28.6. The number of hydrogen-bond donors (Lipinski definition) is 1. The van der Waals surface area contributed by atoms with Crippen LogP contribution in [-0.4, -0.2) is 35.4 Å². The van der Waals surface area contributed by atoms with E-state index in [4.69, 9.17) is 16.3 Å². The van der Waals surface area contributed by atoms with Crippen LogP contribution in [0, 0.1) is 5.82 Å². The van der Waals surface area contributed by atoms with Crippen molar-refractivity contribution in [3.63, 3.8) is 0 Å². The van der Waals surface area contributed by atoms with Crippen LogP contribution in [0.25, 0.3) is 0 Å². The third-order valence-corrected chi connectivity index (χ3v) is 6.41. The van der Waals surface area contributed by atoms with E-state index in [0.717, 1.165) is 17.5 Å². The van der Waals surface area contributed by atoms with Crippen LogP contribution in [0.5, 0.6) is 5.75 Å². The zero-order chi connectivity index (χ0) is 26.6. The summed E-state index contributed by atoms with van der Waals surface area (Å²) < 4.78 is 19.3. The molecule has 0 aliphatic heterocycles. The summed E-state index contributed by atoms with van der Waals surface area (Å²) in [6.07, 6.45) is 1.83. The highest BCUT2D eigenvalue weighted by molar-refractivity contribution is 6.30. The molecule has 0 aliphatic rings. The van der Waals surface area contributed by atoms with Gasteiger partial charge in [0.25, 0.3) is 0 Å². The van der Waals surface area contributed by atoms with Crippen molar-refractivity contribution in [1.82, 2.24) is 10.2 Å². The summed E-state index contributed by atoms with van der Waals surface area (Å²) in [7, 11) is 0. The number of ether oxygens (including phenoxy) is 1. The number of carbonyl (C=O) groups is 2. The van der Waals surface area contributed by atoms with Gasteiger partial charge in [-0.15, -0.1) is 0 Å². The summed E-state index contributed by atoms with van der Waals surface area (Å²) in [6, 6.07) is 22.0. The molecule has 0 aromatic heterocycles. The minimum Gasteiger partial charge on any atom is -0.494 e. The van der Waals surface area contributed by atoms with Crippen molar-refractivity contribution in [2.75, 3.05) is 6.61 Å². The van der Waals surface area contributed by atoms with Crippen LogP contribution in [0.4, 0.5) is 4.39 Å². The van der Waals surface area contributed by atoms with Crippen molar-refractivity contribution in [1.29, 1.82) is 0 Å². The van der Waals surface area contributed by atoms with Crippen LogP contribution >= 0.6 is 11.6 Å². The second-order valence-electron chi connectivity index (χ2n) is 9.08. The molecule has 196 valence electrons. The van der Waals surface area contributed by atoms with Gasteiger partial charge in [-0.25, -0.2) is 4.39 Å². The summed E-state index contributed by atoms with van der Waals surface area (Å²) in [6.45, 7) is 4.49. The van der Waals surface area contributed by atoms with Gasteiger partial charge in [-0.3, -0.25) is 9.59 Å². The lowest BCUT2D eigenvalue weighted by molar-refractivity contribution is -0.141. The van der Waals surface area contributed by atoms with E-state index in [1.165, 1.54) is 12.1 Å². The first-order valence-corrected chi connectivity index (χ1v) is 13.0. The maximum absolute atomic E-state index is 13.6. The van der Waals surface area contributed by atoms with Crippen LogP contribution < -0.4 is 10.1 Å². The number of nitrogens with one attached hydrogen (secondary N) is 1. The number of carbonyl (C=O) groups excluding carboxylic acids is 2. The molecule has 0 unspecified atom stereocenters. The molecule has 0 saturated heterocycles. The van der Waals surface area contributed by atoms with E-state index in [1.54, 1.807) is 41.3 Å². The first-order chi connectivity index (χ1) is 17.9. The Kier molecular flexibility index (Phi) is 11.0. The van der Waals surface area contributed by atoms with E-state index in [2.05, 4.69) is 5.32 Å². The standard InChI is InChI=1S/C30H34ClFN2O3/c1-3-22(2)33-30(36)28(20-23-8-5-4-6-9-23)34(21-24-11-15-26(32)16-12-24)29(35)10-7-19-37-27-17-13-25(31)14-18-27/h4-6,8-9,11-18,22,28H,3,7,10,19-21H2,1-2H3,(H,33,36)/t22-,28+/m1/s1. The maximum Gasteiger partial charge on any atom is 0.243 e. The molecule has 2 atom stereocenters. The summed E-state index contributed by atoms with van der Waals surface area (Å²) >= 11 is 5.92. The van der Waals surface area contributed by atoms with Gasteiger partial charge < -0.3 is 15.0 Å². The molecule has 3 rings (SSSR count). The van der Waals surface area contributed by atoms with Gasteiger partial charge in [-0.2, -0.15) is 0 Å². The smallest absolute Gasteiger partial charge is 0.243 e. The molecule has 0 radical (unpaired) electrons. The van der Waals surface area contributed by atoms with Crippen molar-refractivity contribution >= 4 is 23.4 Å². The molecule has 0 heterocycles. The largest absolute Gasteiger partial charge is 0.494 e. The quantitative estimate of drug-likeness (QED) is 0.271. The minimum absolute atomic E-state index is 0.0266. The number of halogens is 2. The average Bonchev–Trinajstić information content (AvgIpc) is 2.91. The summed E-state index contributed by atoms with van der Waals surface area (Å²) in [5.41, 5.74) is 1.70. The molecular formula is C30H34ClFN2O3. The van der Waals surface area contributed by atoms with Crippen molar-refractivity contribution in [2.45, 2.75) is 58.2 Å². The first-order valence-electron chi connectivity index (χ1n) is 12.6. The summed E-state index contributed by atoms with van der Waals surface area (Å²) in [5, 5.41) is 3.67. The highest BCUT2D eigenvalue weighted by atomic mass is 35.5. The molecule has 0 saturated carbocycles. The number of rotatable bonds is 13. The van der Waals surface area contributed by atoms with Crippen molar-refractivity contribution in [2.24, 2.45) is 0 Å². The van der Waals surface area contributed by atoms with Gasteiger partial charge in [0.05, 0.1) is 6.61 Å². The molecule has 0 spiro atoms. The van der Waals surface area contributed by atoms with Gasteiger partial charge in [-0.1, -0.05) is 61.0 Å². The Labute approximate surface area is 223 Å². The molecule has 0 aliphatic carbocycles. The van der Waals surface area contributed by atoms with Crippen LogP contribution in [0.2, 0.25) is 5.02 Å². The van der Waals surface area contributed by atoms with E-state index >= 15 is 0 Å². The molecular weight excluding hydrogens is 491 g/mol. The third kappa shape index (κ3) is 9.21. The highest BCUT2D eigenvalue weighted by Crippen LogP contribution is 2.19. The van der Waals surface area contributed by atoms with E-state index in [1.807, 2.05) is 44.2 Å². The molecule has 0 fully saturated rings. The second kappa shape index (κ2) is 14.4. The third-order valence-electron chi connectivity index (χ3n) is 6.16. The zero-order valence-corrected chi connectivity index (χ0v) is 22.1. The number of nitrogens with zero attached hydrogens (tertiary/aromatic N) is 1. The number of amides is 2. The molecule has 2 amide bonds. The predicted molar refractivity (Wildman–Crippen MR) is 145 cm³/mol. The van der Waals surface area contributed by atoms with Gasteiger partial charge in [0, 0.05) is 30.5 Å². The van der Waals surface area contributed by atoms with Crippen molar-refractivity contribution in [3.05, 3.63) is 101 Å². The lowest BCUT2D eigenvalue weighted by Gasteiger charge is -2.32. The topological polar surface area (TPSA) is 58.6 Å². The van der Waals surface area contributed by atoms with Gasteiger partial charge in [0.1, 0.15) is 17.6 Å². The molecule has 1 N–H and O–H groups in total. The maximum atomic E-state index is 13.6. The van der Waals surface area contributed by atoms with Crippen molar-refractivity contribution < 1.29 is 18.7 Å². The average molecular weight is 525 g/mol. The molecule has 3 aromatic rings. The SMILES string of the molecule is CC[C@@H](C)NC(=O)[C@H](Cc1ccccc1)N(Cc1ccc(F)cc1)C(=O)CCCOc1ccc(Cl)cc1. The Balaban J connectivity index is 1.78. The molecule has 5 nitrogen and oxygen atoms in total. The lowest BCUT2D eigenvalue weighted by atomic mass is 10.0. The normalized spacial score (nSPS) is 12.4. The molecule has 37 heavy (non-hydrogen) atoms. The van der Waals surface area contributed by atoms with Crippen LogP contribution in [0.3, 0.4) is 0 Å². The summed E-state index contributed by atoms with van der Waals surface area (Å²) in [5.74, 6) is -0.0402. The Morgan fingerprint density at radius 1 is 0.973 bits per heavy atom. The number of hydrogen-bond acceptors (Lipinski definition) is 3. The van der Waals surface area contributed by atoms with Gasteiger partial charge in [0.15, 0.2) is 0 Å². The Bertz CT molecular complexity index is 1120. The van der Waals surface area contributed by atoms with E-state index < -0.39 is 6.04 Å². The second-order valence-corrected chi connectivity index (χ2v) is 9.51. The van der Waals surface area contributed by atoms with Crippen molar-refractivity contribution in [3.8, 4) is 5.75 Å². The van der Waals surface area contributed by atoms with E-state index in [-0.39, 0.29) is 36.6 Å². The fourth-order valence-corrected chi connectivity index (χ4v) is 4.00. The van der Waals surface area contributed by atoms with Crippen LogP contribution in [-0.2, 0) is 22.6 Å². The zero-order valence-electron chi connectivity index (χ0n) is 21.3. The Morgan fingerprint density at radius 3 is 2.30 bits per heavy atom. The predicted octanol–water partition coefficient (Wildman–Crippen LogP) is 6.19. The fraction of sp³-hybridized carbons (Fsp3) is 0.333.